The molecule has 0 amide bonds. The number of hydrogen-bond donors (Lipinski definition) is 2. The van der Waals surface area contributed by atoms with Crippen LogP contribution in [0.4, 0.5) is 0 Å². The van der Waals surface area contributed by atoms with E-state index in [2.05, 4.69) is 7.08 Å². The van der Waals surface area contributed by atoms with Gasteiger partial charge in [0, 0.05) is 0 Å². The van der Waals surface area contributed by atoms with Gasteiger partial charge in [0.05, 0.1) is 0 Å². The van der Waals surface area contributed by atoms with E-state index in [0.717, 1.165) is 0 Å². The van der Waals surface area contributed by atoms with Gasteiger partial charge in [-0.1, -0.05) is 0 Å². The molecule has 0 aliphatic carbocycles. The molecule has 0 aromatic carbocycles. The Kier molecular flexibility index (Phi) is 3.71. The molecule has 2 N–H and O–H groups in total. The molecule has 0 spiro atoms. The van der Waals surface area contributed by atoms with Crippen LogP contribution in [0.5, 0.6) is 0 Å². The molecule has 5 nitrogen and oxygen atoms in total. The van der Waals surface area contributed by atoms with Crippen LogP contribution in [0.2, 0.25) is 0 Å². The van der Waals surface area contributed by atoms with E-state index in [0.29, 0.717) is 0 Å². The molecule has 0 unspecified atom stereocenters. The van der Waals surface area contributed by atoms with Crippen LogP contribution < -0.4 is 0 Å². The summed E-state index contributed by atoms with van der Waals surface area (Å²) in [4.78, 5) is 0. The second-order valence-electron chi connectivity index (χ2n) is 0.353. The molecule has 0 saturated carbocycles. The van der Waals surface area contributed by atoms with Crippen LogP contribution in [0.15, 0.2) is 0 Å². The summed E-state index contributed by atoms with van der Waals surface area (Å²) >= 11 is -3.54. The Morgan fingerprint density at radius 2 is 1.67 bits per heavy atom. The fourth-order valence-corrected chi connectivity index (χ4v) is 0.0805. The summed E-state index contributed by atoms with van der Waals surface area (Å²) in [5, 5.41) is 14.6. The topological polar surface area (TPSA) is 76.0 Å². The zero-order valence-corrected chi connectivity index (χ0v) is 4.53. The minimum atomic E-state index is -3.54. The third kappa shape index (κ3) is 2.56. The van der Waals surface area contributed by atoms with Crippen LogP contribution in [0.3, 0.4) is 0 Å². The fourth-order valence-electron chi connectivity index (χ4n) is 0.0136. The zero-order valence-electron chi connectivity index (χ0n) is 2.53. The molecule has 0 aliphatic rings. The van der Waals surface area contributed by atoms with E-state index in [1.165, 1.54) is 0 Å². The van der Waals surface area contributed by atoms with Crippen molar-refractivity contribution in [3.05, 3.63) is 0 Å². The molecule has 6 heavy (non-hydrogen) atoms. The predicted octanol–water partition coefficient (Wildman–Crippen LogP) is -0.241. The summed E-state index contributed by atoms with van der Waals surface area (Å²) in [6.07, 6.45) is 0. The Bertz CT molecular complexity index is 41.9. The van der Waals surface area contributed by atoms with Crippen molar-refractivity contribution < 1.29 is 39.0 Å². The molecule has 0 rings (SSSR count). The number of rotatable bonds is 2. The van der Waals surface area contributed by atoms with E-state index in [9.17, 15) is 3.40 Å². The van der Waals surface area contributed by atoms with Gasteiger partial charge in [-0.05, 0) is 0 Å². The molecule has 0 bridgehead atoms. The molecule has 0 saturated heterocycles. The molecule has 0 aromatic heterocycles. The van der Waals surface area contributed by atoms with Crippen LogP contribution >= 0.6 is 0 Å². The van der Waals surface area contributed by atoms with E-state index in [1.807, 2.05) is 0 Å². The Labute approximate surface area is 39.7 Å². The monoisotopic (exact) mass is 180 g/mol. The first-order valence-corrected chi connectivity index (χ1v) is 3.32. The molecular weight excluding hydrogens is 176 g/mol. The Morgan fingerprint density at radius 1 is 1.33 bits per heavy atom. The summed E-state index contributed by atoms with van der Waals surface area (Å²) < 4.78 is 15.6. The minimum absolute atomic E-state index is 3.04. The molecule has 0 radical (unpaired) electrons. The van der Waals surface area contributed by atoms with Crippen molar-refractivity contribution in [1.29, 1.82) is 0 Å². The molecular formula is H2MoO5. The maximum absolute atomic E-state index is 9.49. The normalized spacial score (nSPS) is 9.83. The molecule has 0 aromatic rings. The third-order valence-electron chi connectivity index (χ3n) is 0.122. The van der Waals surface area contributed by atoms with E-state index < -0.39 is 18.0 Å². The Morgan fingerprint density at radius 3 is 1.67 bits per heavy atom. The standard InChI is InChI=1S/Mo.2H2O2.O/c;2*1-2;/h;2*1-2H;/q+2;;;/p-2. The van der Waals surface area contributed by atoms with Crippen LogP contribution in [-0.2, 0) is 28.5 Å². The van der Waals surface area contributed by atoms with Crippen molar-refractivity contribution in [3.8, 4) is 0 Å². The Balaban J connectivity index is 2.99. The summed E-state index contributed by atoms with van der Waals surface area (Å²) in [5.74, 6) is 0. The summed E-state index contributed by atoms with van der Waals surface area (Å²) in [7, 11) is 0. The van der Waals surface area contributed by atoms with E-state index >= 15 is 0 Å². The van der Waals surface area contributed by atoms with E-state index in [4.69, 9.17) is 10.5 Å². The fraction of sp³-hybridized carbons (Fsp3) is 0. The van der Waals surface area contributed by atoms with Gasteiger partial charge < -0.3 is 0 Å². The first-order valence-electron chi connectivity index (χ1n) is 0.865. The van der Waals surface area contributed by atoms with Crippen molar-refractivity contribution in [2.45, 2.75) is 0 Å². The zero-order chi connectivity index (χ0) is 4.99. The van der Waals surface area contributed by atoms with Crippen molar-refractivity contribution in [1.82, 2.24) is 0 Å². The molecule has 0 fully saturated rings. The van der Waals surface area contributed by atoms with Gasteiger partial charge in [-0.2, -0.15) is 0 Å². The first-order chi connectivity index (χ1) is 2.81. The van der Waals surface area contributed by atoms with Crippen molar-refractivity contribution >= 4 is 0 Å². The van der Waals surface area contributed by atoms with Crippen molar-refractivity contribution in [2.24, 2.45) is 0 Å². The summed E-state index contributed by atoms with van der Waals surface area (Å²) in [5.41, 5.74) is 0. The molecule has 6 heteroatoms. The molecule has 0 atom stereocenters. The van der Waals surface area contributed by atoms with Crippen LogP contribution in [-0.4, -0.2) is 10.5 Å². The summed E-state index contributed by atoms with van der Waals surface area (Å²) in [6, 6.07) is 0. The van der Waals surface area contributed by atoms with Crippen LogP contribution in [0, 0.1) is 0 Å². The molecule has 38 valence electrons. The van der Waals surface area contributed by atoms with Gasteiger partial charge in [0.2, 0.25) is 0 Å². The average Bonchev–Trinajstić information content (AvgIpc) is 1.65. The van der Waals surface area contributed by atoms with Gasteiger partial charge in [0.15, 0.2) is 0 Å². The Hall–Kier alpha value is 0.328. The van der Waals surface area contributed by atoms with Crippen LogP contribution in [0.1, 0.15) is 0 Å². The summed E-state index contributed by atoms with van der Waals surface area (Å²) in [6.45, 7) is 0. The second kappa shape index (κ2) is 3.52. The second-order valence-corrected chi connectivity index (χ2v) is 2.09. The quantitative estimate of drug-likeness (QED) is 0.346. The van der Waals surface area contributed by atoms with E-state index in [-0.39, 0.29) is 0 Å². The van der Waals surface area contributed by atoms with Gasteiger partial charge in [-0.15, -0.1) is 0 Å². The number of hydrogen-bond acceptors (Lipinski definition) is 5. The predicted molar refractivity (Wildman–Crippen MR) is 8.11 cm³/mol. The SMILES string of the molecule is [O]=[Mo]([O]O)[O]O. The van der Waals surface area contributed by atoms with Crippen LogP contribution in [0.25, 0.3) is 0 Å². The van der Waals surface area contributed by atoms with Gasteiger partial charge in [0.25, 0.3) is 0 Å². The average molecular weight is 178 g/mol. The first kappa shape index (κ1) is 6.33. The van der Waals surface area contributed by atoms with Gasteiger partial charge in [0.1, 0.15) is 0 Å². The maximum atomic E-state index is 9.49. The third-order valence-corrected chi connectivity index (χ3v) is 0.720. The van der Waals surface area contributed by atoms with Crippen molar-refractivity contribution in [2.75, 3.05) is 0 Å². The van der Waals surface area contributed by atoms with E-state index in [1.54, 1.807) is 0 Å². The molecule has 0 heterocycles. The van der Waals surface area contributed by atoms with Crippen molar-refractivity contribution in [3.63, 3.8) is 0 Å². The van der Waals surface area contributed by atoms with Gasteiger partial charge in [-0.25, -0.2) is 0 Å². The van der Waals surface area contributed by atoms with Gasteiger partial charge >= 0.3 is 39.0 Å². The molecule has 0 aliphatic heterocycles. The van der Waals surface area contributed by atoms with Gasteiger partial charge in [-0.3, -0.25) is 0 Å².